The van der Waals surface area contributed by atoms with Crippen LogP contribution in [0.4, 0.5) is 0 Å². The molecular weight excluding hydrogens is 196 g/mol. The van der Waals surface area contributed by atoms with E-state index in [0.29, 0.717) is 19.5 Å². The van der Waals surface area contributed by atoms with Gasteiger partial charge in [-0.25, -0.2) is 0 Å². The van der Waals surface area contributed by atoms with Gasteiger partial charge in [-0.2, -0.15) is 0 Å². The van der Waals surface area contributed by atoms with Gasteiger partial charge in [-0.3, -0.25) is 4.79 Å². The second-order valence-electron chi connectivity index (χ2n) is 4.94. The van der Waals surface area contributed by atoms with Crippen LogP contribution in [0.1, 0.15) is 26.7 Å². The van der Waals surface area contributed by atoms with E-state index in [0.717, 1.165) is 0 Å². The number of rotatable bonds is 6. The van der Waals surface area contributed by atoms with Gasteiger partial charge in [0.05, 0.1) is 12.0 Å². The molecule has 1 rings (SSSR count). The Hall–Kier alpha value is -0.650. The molecule has 0 aliphatic carbocycles. The Morgan fingerprint density at radius 2 is 2.13 bits per heavy atom. The van der Waals surface area contributed by atoms with Crippen molar-refractivity contribution in [2.45, 2.75) is 37.8 Å². The number of carboxylic acid groups (broad SMARTS) is 1. The van der Waals surface area contributed by atoms with Gasteiger partial charge in [0.15, 0.2) is 0 Å². The van der Waals surface area contributed by atoms with Gasteiger partial charge in [-0.15, -0.1) is 0 Å². The molecule has 1 fully saturated rings. The summed E-state index contributed by atoms with van der Waals surface area (Å²) in [6.45, 7) is 5.41. The molecule has 1 aliphatic heterocycles. The topological polar surface area (TPSA) is 81.6 Å². The van der Waals surface area contributed by atoms with E-state index in [2.05, 4.69) is 10.6 Å². The van der Waals surface area contributed by atoms with Crippen molar-refractivity contribution in [2.75, 3.05) is 19.7 Å². The van der Waals surface area contributed by atoms with Gasteiger partial charge in [0.1, 0.15) is 0 Å². The highest BCUT2D eigenvalue weighted by atomic mass is 16.4. The molecule has 0 unspecified atom stereocenters. The van der Waals surface area contributed by atoms with Gasteiger partial charge in [-0.1, -0.05) is 0 Å². The van der Waals surface area contributed by atoms with Crippen molar-refractivity contribution in [1.29, 1.82) is 0 Å². The number of aliphatic hydroxyl groups excluding tert-OH is 1. The lowest BCUT2D eigenvalue weighted by atomic mass is 9.84. The standard InChI is InChI=1S/C10H20N2O3/c1-9(2,3-4-13)12-10(5-8(14)15)6-11-7-10/h11-13H,3-7H2,1-2H3,(H,14,15). The Bertz CT molecular complexity index is 237. The summed E-state index contributed by atoms with van der Waals surface area (Å²) in [7, 11) is 0. The van der Waals surface area contributed by atoms with Crippen LogP contribution in [0.2, 0.25) is 0 Å². The monoisotopic (exact) mass is 216 g/mol. The van der Waals surface area contributed by atoms with Crippen molar-refractivity contribution in [1.82, 2.24) is 10.6 Å². The highest BCUT2D eigenvalue weighted by Gasteiger charge is 2.42. The van der Waals surface area contributed by atoms with Crippen LogP contribution in [0, 0.1) is 0 Å². The van der Waals surface area contributed by atoms with Gasteiger partial charge >= 0.3 is 5.97 Å². The first-order valence-corrected chi connectivity index (χ1v) is 5.22. The number of hydrogen-bond acceptors (Lipinski definition) is 4. The minimum atomic E-state index is -0.788. The third kappa shape index (κ3) is 3.44. The van der Waals surface area contributed by atoms with Crippen LogP contribution in [0.15, 0.2) is 0 Å². The second-order valence-corrected chi connectivity index (χ2v) is 4.94. The highest BCUT2D eigenvalue weighted by Crippen LogP contribution is 2.21. The Kier molecular flexibility index (Phi) is 3.70. The van der Waals surface area contributed by atoms with E-state index < -0.39 is 5.97 Å². The minimum Gasteiger partial charge on any atom is -0.481 e. The summed E-state index contributed by atoms with van der Waals surface area (Å²) in [5, 5.41) is 24.1. The van der Waals surface area contributed by atoms with Gasteiger partial charge < -0.3 is 20.8 Å². The molecule has 0 aromatic carbocycles. The highest BCUT2D eigenvalue weighted by molar-refractivity contribution is 5.68. The van der Waals surface area contributed by atoms with Crippen LogP contribution in [0.25, 0.3) is 0 Å². The number of aliphatic carboxylic acids is 1. The molecule has 0 amide bonds. The molecular formula is C10H20N2O3. The molecule has 5 heteroatoms. The first-order valence-electron chi connectivity index (χ1n) is 5.22. The maximum Gasteiger partial charge on any atom is 0.305 e. The molecule has 0 atom stereocenters. The largest absolute Gasteiger partial charge is 0.481 e. The second kappa shape index (κ2) is 4.47. The Balaban J connectivity index is 2.56. The zero-order valence-electron chi connectivity index (χ0n) is 9.34. The molecule has 15 heavy (non-hydrogen) atoms. The van der Waals surface area contributed by atoms with Crippen LogP contribution in [-0.2, 0) is 4.79 Å². The van der Waals surface area contributed by atoms with Gasteiger partial charge in [-0.05, 0) is 20.3 Å². The van der Waals surface area contributed by atoms with E-state index in [9.17, 15) is 4.79 Å². The third-order valence-corrected chi connectivity index (χ3v) is 2.76. The number of carboxylic acids is 1. The quantitative estimate of drug-likeness (QED) is 0.483. The number of aliphatic hydroxyl groups is 1. The SMILES string of the molecule is CC(C)(CCO)NC1(CC(=O)O)CNC1. The molecule has 0 aromatic heterocycles. The van der Waals surface area contributed by atoms with E-state index in [4.69, 9.17) is 10.2 Å². The summed E-state index contributed by atoms with van der Waals surface area (Å²) >= 11 is 0. The van der Waals surface area contributed by atoms with Gasteiger partial charge in [0, 0.05) is 25.2 Å². The summed E-state index contributed by atoms with van der Waals surface area (Å²) in [5.41, 5.74) is -0.573. The lowest BCUT2D eigenvalue weighted by Crippen LogP contribution is -2.72. The molecule has 0 saturated carbocycles. The predicted molar refractivity (Wildman–Crippen MR) is 56.8 cm³/mol. The van der Waals surface area contributed by atoms with Crippen LogP contribution in [0.3, 0.4) is 0 Å². The van der Waals surface area contributed by atoms with E-state index in [-0.39, 0.29) is 24.1 Å². The fourth-order valence-electron chi connectivity index (χ4n) is 2.03. The number of hydrogen-bond donors (Lipinski definition) is 4. The average molecular weight is 216 g/mol. The van der Waals surface area contributed by atoms with E-state index in [1.165, 1.54) is 0 Å². The molecule has 88 valence electrons. The average Bonchev–Trinajstić information content (AvgIpc) is 1.98. The van der Waals surface area contributed by atoms with Crippen molar-refractivity contribution in [3.05, 3.63) is 0 Å². The molecule has 1 saturated heterocycles. The van der Waals surface area contributed by atoms with Crippen molar-refractivity contribution < 1.29 is 15.0 Å². The molecule has 5 nitrogen and oxygen atoms in total. The number of carbonyl (C=O) groups is 1. The molecule has 0 aromatic rings. The van der Waals surface area contributed by atoms with Crippen molar-refractivity contribution in [2.24, 2.45) is 0 Å². The summed E-state index contributed by atoms with van der Waals surface area (Å²) < 4.78 is 0. The Morgan fingerprint density at radius 3 is 2.47 bits per heavy atom. The Labute approximate surface area is 89.9 Å². The van der Waals surface area contributed by atoms with E-state index >= 15 is 0 Å². The van der Waals surface area contributed by atoms with Crippen LogP contribution < -0.4 is 10.6 Å². The lowest BCUT2D eigenvalue weighted by molar-refractivity contribution is -0.139. The molecule has 0 radical (unpaired) electrons. The fraction of sp³-hybridized carbons (Fsp3) is 0.900. The molecule has 4 N–H and O–H groups in total. The fourth-order valence-corrected chi connectivity index (χ4v) is 2.03. The minimum absolute atomic E-state index is 0.108. The first kappa shape index (κ1) is 12.4. The first-order chi connectivity index (χ1) is 6.89. The van der Waals surface area contributed by atoms with E-state index in [1.54, 1.807) is 0 Å². The summed E-state index contributed by atoms with van der Waals surface area (Å²) in [5.74, 6) is -0.788. The summed E-state index contributed by atoms with van der Waals surface area (Å²) in [6, 6.07) is 0. The molecule has 0 bridgehead atoms. The molecule has 0 spiro atoms. The van der Waals surface area contributed by atoms with Crippen molar-refractivity contribution in [3.63, 3.8) is 0 Å². The lowest BCUT2D eigenvalue weighted by Gasteiger charge is -2.47. The van der Waals surface area contributed by atoms with Crippen LogP contribution in [-0.4, -0.2) is 47.0 Å². The third-order valence-electron chi connectivity index (χ3n) is 2.76. The Morgan fingerprint density at radius 1 is 1.53 bits per heavy atom. The zero-order chi connectivity index (χ0) is 11.5. The van der Waals surface area contributed by atoms with Crippen LogP contribution >= 0.6 is 0 Å². The van der Waals surface area contributed by atoms with Crippen molar-refractivity contribution in [3.8, 4) is 0 Å². The van der Waals surface area contributed by atoms with Gasteiger partial charge in [0.2, 0.25) is 0 Å². The van der Waals surface area contributed by atoms with Crippen LogP contribution in [0.5, 0.6) is 0 Å². The maximum atomic E-state index is 10.7. The zero-order valence-corrected chi connectivity index (χ0v) is 9.34. The smallest absolute Gasteiger partial charge is 0.305 e. The normalized spacial score (nSPS) is 19.7. The predicted octanol–water partition coefficient (Wildman–Crippen LogP) is -0.446. The molecule has 1 aliphatic rings. The number of nitrogens with one attached hydrogen (secondary N) is 2. The van der Waals surface area contributed by atoms with E-state index in [1.807, 2.05) is 13.8 Å². The van der Waals surface area contributed by atoms with Crippen molar-refractivity contribution >= 4 is 5.97 Å². The maximum absolute atomic E-state index is 10.7. The molecule has 1 heterocycles. The summed E-state index contributed by atoms with van der Waals surface area (Å²) in [4.78, 5) is 10.7. The van der Waals surface area contributed by atoms with Gasteiger partial charge in [0.25, 0.3) is 0 Å². The summed E-state index contributed by atoms with van der Waals surface area (Å²) in [6.07, 6.45) is 0.739.